The molecule has 202 valence electrons. The van der Waals surface area contributed by atoms with Gasteiger partial charge in [-0.15, -0.1) is 0 Å². The molecule has 0 bridgehead atoms. The van der Waals surface area contributed by atoms with E-state index < -0.39 is 5.82 Å². The summed E-state index contributed by atoms with van der Waals surface area (Å²) in [5, 5.41) is 3.97. The summed E-state index contributed by atoms with van der Waals surface area (Å²) in [6.45, 7) is 1.72. The second kappa shape index (κ2) is 11.6. The molecule has 3 aromatic rings. The van der Waals surface area contributed by atoms with Gasteiger partial charge in [0.1, 0.15) is 18.0 Å². The number of rotatable bonds is 6. The number of methoxy groups -OCH3 is 1. The maximum absolute atomic E-state index is 13.6. The Morgan fingerprint density at radius 3 is 2.55 bits per heavy atom. The third-order valence-electron chi connectivity index (χ3n) is 7.52. The number of urea groups is 1. The highest BCUT2D eigenvalue weighted by Crippen LogP contribution is 2.37. The van der Waals surface area contributed by atoms with Gasteiger partial charge in [-0.25, -0.2) is 19.2 Å². The number of piperidine rings is 1. The Hall–Kier alpha value is -3.33. The summed E-state index contributed by atoms with van der Waals surface area (Å²) in [7, 11) is 3.53. The first-order valence-electron chi connectivity index (χ1n) is 13.2. The average molecular weight is 542 g/mol. The number of nitrogens with zero attached hydrogens (tertiary/aromatic N) is 4. The van der Waals surface area contributed by atoms with Crippen molar-refractivity contribution in [2.45, 2.75) is 57.1 Å². The molecule has 1 aliphatic carbocycles. The Bertz CT molecular complexity index is 1290. The molecule has 1 aromatic heterocycles. The summed E-state index contributed by atoms with van der Waals surface area (Å²) in [6, 6.07) is 8.48. The van der Waals surface area contributed by atoms with E-state index in [4.69, 9.17) is 21.1 Å². The molecule has 10 heteroatoms. The van der Waals surface area contributed by atoms with Crippen molar-refractivity contribution in [1.82, 2.24) is 19.8 Å². The molecule has 8 nitrogen and oxygen atoms in total. The van der Waals surface area contributed by atoms with Gasteiger partial charge in [0.15, 0.2) is 11.5 Å². The van der Waals surface area contributed by atoms with Crippen molar-refractivity contribution in [2.75, 3.05) is 32.6 Å². The fourth-order valence-corrected chi connectivity index (χ4v) is 5.50. The number of ether oxygens (including phenoxy) is 2. The predicted octanol–water partition coefficient (Wildman–Crippen LogP) is 6.40. The lowest BCUT2D eigenvalue weighted by Crippen LogP contribution is -2.49. The Morgan fingerprint density at radius 1 is 1.08 bits per heavy atom. The maximum Gasteiger partial charge on any atom is 0.319 e. The van der Waals surface area contributed by atoms with E-state index in [1.165, 1.54) is 24.9 Å². The Balaban J connectivity index is 1.28. The molecule has 2 fully saturated rings. The smallest absolute Gasteiger partial charge is 0.319 e. The molecule has 38 heavy (non-hydrogen) atoms. The maximum atomic E-state index is 13.6. The lowest BCUT2D eigenvalue weighted by atomic mass is 9.92. The third-order valence-corrected chi connectivity index (χ3v) is 7.81. The molecule has 1 saturated carbocycles. The number of anilines is 2. The lowest BCUT2D eigenvalue weighted by Gasteiger charge is -2.38. The first-order valence-corrected chi connectivity index (χ1v) is 13.5. The molecule has 2 heterocycles. The number of fused-ring (bicyclic) bond motifs is 1. The van der Waals surface area contributed by atoms with E-state index in [-0.39, 0.29) is 23.2 Å². The standard InChI is InChI=1S/C28H33ClFN5O3/c1-34(28(36)35-12-4-3-5-13-35)19-7-9-20(10-8-19)38-26-15-21-24(16-25(26)37-2)31-17-32-27(21)33-18-6-11-23(30)22(29)14-18/h6,11,14-17,19-20H,3-5,7-10,12-13H2,1-2H3,(H,31,32,33). The van der Waals surface area contributed by atoms with Gasteiger partial charge in [0.05, 0.1) is 23.8 Å². The van der Waals surface area contributed by atoms with Crippen molar-refractivity contribution in [1.29, 1.82) is 0 Å². The molecule has 0 radical (unpaired) electrons. The minimum Gasteiger partial charge on any atom is -0.493 e. The minimum atomic E-state index is -0.484. The third kappa shape index (κ3) is 5.72. The van der Waals surface area contributed by atoms with Gasteiger partial charge in [0.25, 0.3) is 0 Å². The van der Waals surface area contributed by atoms with Gasteiger partial charge in [0.2, 0.25) is 0 Å². The first-order chi connectivity index (χ1) is 18.4. The topological polar surface area (TPSA) is 79.8 Å². The zero-order chi connectivity index (χ0) is 26.6. The fourth-order valence-electron chi connectivity index (χ4n) is 5.32. The molecule has 5 rings (SSSR count). The number of hydrogen-bond donors (Lipinski definition) is 1. The second-order valence-corrected chi connectivity index (χ2v) is 10.4. The highest BCUT2D eigenvalue weighted by atomic mass is 35.5. The molecular formula is C28H33ClFN5O3. The quantitative estimate of drug-likeness (QED) is 0.389. The van der Waals surface area contributed by atoms with Crippen molar-refractivity contribution in [3.05, 3.63) is 47.5 Å². The van der Waals surface area contributed by atoms with Crippen LogP contribution in [0.4, 0.5) is 20.7 Å². The van der Waals surface area contributed by atoms with Crippen LogP contribution in [0.1, 0.15) is 44.9 Å². The number of halogens is 2. The van der Waals surface area contributed by atoms with Gasteiger partial charge in [-0.2, -0.15) is 0 Å². The van der Waals surface area contributed by atoms with Gasteiger partial charge in [-0.05, 0) is 69.2 Å². The van der Waals surface area contributed by atoms with Gasteiger partial charge in [0, 0.05) is 43.3 Å². The molecule has 2 aromatic carbocycles. The van der Waals surface area contributed by atoms with Crippen LogP contribution in [0.25, 0.3) is 10.9 Å². The van der Waals surface area contributed by atoms with E-state index in [9.17, 15) is 9.18 Å². The number of likely N-dealkylation sites (tertiary alicyclic amines) is 1. The van der Waals surface area contributed by atoms with Crippen LogP contribution in [0, 0.1) is 5.82 Å². The normalized spacial score (nSPS) is 19.7. The number of aromatic nitrogens is 2. The zero-order valence-electron chi connectivity index (χ0n) is 21.8. The number of nitrogens with one attached hydrogen (secondary N) is 1. The van der Waals surface area contributed by atoms with E-state index in [1.54, 1.807) is 13.2 Å². The van der Waals surface area contributed by atoms with Gasteiger partial charge >= 0.3 is 6.03 Å². The van der Waals surface area contributed by atoms with Crippen molar-refractivity contribution in [2.24, 2.45) is 0 Å². The first kappa shape index (κ1) is 26.3. The van der Waals surface area contributed by atoms with Crippen LogP contribution in [-0.2, 0) is 0 Å². The highest BCUT2D eigenvalue weighted by molar-refractivity contribution is 6.31. The minimum absolute atomic E-state index is 0.00744. The zero-order valence-corrected chi connectivity index (χ0v) is 22.5. The van der Waals surface area contributed by atoms with E-state index in [1.807, 2.05) is 29.0 Å². The van der Waals surface area contributed by atoms with E-state index in [0.29, 0.717) is 28.5 Å². The van der Waals surface area contributed by atoms with Crippen molar-refractivity contribution < 1.29 is 18.7 Å². The number of benzene rings is 2. The number of hydrogen-bond acceptors (Lipinski definition) is 6. The highest BCUT2D eigenvalue weighted by Gasteiger charge is 2.30. The Labute approximate surface area is 227 Å². The molecule has 2 amide bonds. The number of carbonyl (C=O) groups excluding carboxylic acids is 1. The van der Waals surface area contributed by atoms with E-state index in [0.717, 1.165) is 57.0 Å². The largest absolute Gasteiger partial charge is 0.493 e. The summed E-state index contributed by atoms with van der Waals surface area (Å²) < 4.78 is 25.7. The van der Waals surface area contributed by atoms with Gasteiger partial charge < -0.3 is 24.6 Å². The van der Waals surface area contributed by atoms with Crippen LogP contribution in [0.3, 0.4) is 0 Å². The predicted molar refractivity (Wildman–Crippen MR) is 146 cm³/mol. The van der Waals surface area contributed by atoms with E-state index in [2.05, 4.69) is 15.3 Å². The molecule has 1 aliphatic heterocycles. The Kier molecular flexibility index (Phi) is 8.02. The van der Waals surface area contributed by atoms with Crippen LogP contribution in [0.5, 0.6) is 11.5 Å². The summed E-state index contributed by atoms with van der Waals surface area (Å²) in [5.41, 5.74) is 1.29. The van der Waals surface area contributed by atoms with Gasteiger partial charge in [-0.1, -0.05) is 11.6 Å². The molecule has 1 N–H and O–H groups in total. The fraction of sp³-hybridized carbons (Fsp3) is 0.464. The number of amides is 2. The summed E-state index contributed by atoms with van der Waals surface area (Å²) in [4.78, 5) is 25.6. The lowest BCUT2D eigenvalue weighted by molar-refractivity contribution is 0.0910. The SMILES string of the molecule is COc1cc2ncnc(Nc3ccc(F)c(Cl)c3)c2cc1OC1CCC(N(C)C(=O)N2CCCCC2)CC1. The molecular weight excluding hydrogens is 509 g/mol. The van der Waals surface area contributed by atoms with Gasteiger partial charge in [-0.3, -0.25) is 0 Å². The van der Waals surface area contributed by atoms with Crippen LogP contribution in [0.15, 0.2) is 36.7 Å². The molecule has 2 aliphatic rings. The molecule has 0 unspecified atom stereocenters. The summed E-state index contributed by atoms with van der Waals surface area (Å²) >= 11 is 5.95. The van der Waals surface area contributed by atoms with Crippen LogP contribution >= 0.6 is 11.6 Å². The molecule has 0 spiro atoms. The van der Waals surface area contributed by atoms with Crippen molar-refractivity contribution in [3.8, 4) is 11.5 Å². The van der Waals surface area contributed by atoms with Crippen molar-refractivity contribution in [3.63, 3.8) is 0 Å². The van der Waals surface area contributed by atoms with E-state index >= 15 is 0 Å². The molecule has 1 saturated heterocycles. The van der Waals surface area contributed by atoms with Crippen LogP contribution in [-0.4, -0.2) is 65.2 Å². The summed E-state index contributed by atoms with van der Waals surface area (Å²) in [6.07, 6.45) is 8.31. The average Bonchev–Trinajstić information content (AvgIpc) is 2.95. The second-order valence-electron chi connectivity index (χ2n) is 9.99. The van der Waals surface area contributed by atoms with Crippen LogP contribution in [0.2, 0.25) is 5.02 Å². The Morgan fingerprint density at radius 2 is 1.84 bits per heavy atom. The molecule has 0 atom stereocenters. The van der Waals surface area contributed by atoms with Crippen LogP contribution < -0.4 is 14.8 Å². The van der Waals surface area contributed by atoms with Crippen molar-refractivity contribution >= 4 is 40.0 Å². The monoisotopic (exact) mass is 541 g/mol. The number of carbonyl (C=O) groups is 1. The summed E-state index contributed by atoms with van der Waals surface area (Å²) in [5.74, 6) is 1.26.